The average molecular weight is 237 g/mol. The predicted molar refractivity (Wildman–Crippen MR) is 64.8 cm³/mol. The molecule has 6 nitrogen and oxygen atoms in total. The minimum Gasteiger partial charge on any atom is -0.478 e. The highest BCUT2D eigenvalue weighted by Gasteiger charge is 2.14. The van der Waals surface area contributed by atoms with E-state index in [0.717, 1.165) is 0 Å². The van der Waals surface area contributed by atoms with Crippen molar-refractivity contribution in [3.8, 4) is 5.88 Å². The number of nitrogens with zero attached hydrogens (tertiary/aromatic N) is 3. The van der Waals surface area contributed by atoms with Gasteiger partial charge < -0.3 is 9.64 Å². The Morgan fingerprint density at radius 2 is 2.24 bits per heavy atom. The van der Waals surface area contributed by atoms with Gasteiger partial charge in [0, 0.05) is 32.4 Å². The highest BCUT2D eigenvalue weighted by molar-refractivity contribution is 5.57. The summed E-state index contributed by atoms with van der Waals surface area (Å²) in [5.41, 5.74) is 0.251. The van der Waals surface area contributed by atoms with Crippen molar-refractivity contribution in [2.24, 2.45) is 0 Å². The van der Waals surface area contributed by atoms with Gasteiger partial charge in [0.1, 0.15) is 5.69 Å². The number of hydrogen-bond donors (Lipinski definition) is 0. The van der Waals surface area contributed by atoms with Crippen LogP contribution in [0.4, 0.5) is 5.69 Å². The first-order chi connectivity index (χ1) is 8.04. The summed E-state index contributed by atoms with van der Waals surface area (Å²) in [6, 6.07) is 2.89. The quantitative estimate of drug-likeness (QED) is 0.578. The molecule has 6 heteroatoms. The van der Waals surface area contributed by atoms with E-state index < -0.39 is 4.92 Å². The maximum absolute atomic E-state index is 10.8. The molecule has 1 rings (SSSR count). The van der Waals surface area contributed by atoms with Crippen LogP contribution in [0.5, 0.6) is 5.88 Å². The highest BCUT2D eigenvalue weighted by atomic mass is 16.6. The first-order valence-electron chi connectivity index (χ1n) is 5.17. The summed E-state index contributed by atoms with van der Waals surface area (Å²) < 4.78 is 5.21. The van der Waals surface area contributed by atoms with Crippen LogP contribution in [0.3, 0.4) is 0 Å². The highest BCUT2D eigenvalue weighted by Crippen LogP contribution is 2.21. The van der Waals surface area contributed by atoms with Crippen molar-refractivity contribution in [1.29, 1.82) is 0 Å². The Morgan fingerprint density at radius 1 is 1.53 bits per heavy atom. The topological polar surface area (TPSA) is 68.5 Å². The normalized spacial score (nSPS) is 10.5. The van der Waals surface area contributed by atoms with E-state index in [-0.39, 0.29) is 11.4 Å². The van der Waals surface area contributed by atoms with Gasteiger partial charge in [-0.3, -0.25) is 10.1 Å². The third-order valence-electron chi connectivity index (χ3n) is 1.90. The SMILES string of the molecule is CCOc1ccc([N+](=O)[O-])c(/C=C/N(C)C)n1. The van der Waals surface area contributed by atoms with E-state index in [1.165, 1.54) is 12.1 Å². The average Bonchev–Trinajstić information content (AvgIpc) is 2.26. The Bertz CT molecular complexity index is 430. The van der Waals surface area contributed by atoms with Crippen molar-refractivity contribution < 1.29 is 9.66 Å². The molecule has 1 aromatic heterocycles. The molecule has 0 fully saturated rings. The maximum atomic E-state index is 10.8. The number of hydrogen-bond acceptors (Lipinski definition) is 5. The Balaban J connectivity index is 3.11. The molecule has 0 aromatic carbocycles. The van der Waals surface area contributed by atoms with Gasteiger partial charge >= 0.3 is 0 Å². The zero-order chi connectivity index (χ0) is 12.8. The van der Waals surface area contributed by atoms with Gasteiger partial charge in [-0.2, -0.15) is 0 Å². The maximum Gasteiger partial charge on any atom is 0.295 e. The lowest BCUT2D eigenvalue weighted by atomic mass is 10.3. The van der Waals surface area contributed by atoms with Crippen LogP contribution in [-0.4, -0.2) is 35.5 Å². The van der Waals surface area contributed by atoms with E-state index in [1.54, 1.807) is 17.2 Å². The van der Waals surface area contributed by atoms with Crippen molar-refractivity contribution in [2.75, 3.05) is 20.7 Å². The molecule has 1 aromatic rings. The lowest BCUT2D eigenvalue weighted by Gasteiger charge is -2.05. The molecule has 0 aliphatic rings. The Morgan fingerprint density at radius 3 is 2.76 bits per heavy atom. The van der Waals surface area contributed by atoms with E-state index in [1.807, 2.05) is 21.0 Å². The molecule has 0 saturated carbocycles. The van der Waals surface area contributed by atoms with Crippen LogP contribution in [0.15, 0.2) is 18.3 Å². The van der Waals surface area contributed by atoms with Crippen molar-refractivity contribution in [1.82, 2.24) is 9.88 Å². The van der Waals surface area contributed by atoms with Gasteiger partial charge in [-0.25, -0.2) is 4.98 Å². The number of nitro groups is 1. The molecule has 0 aliphatic carbocycles. The van der Waals surface area contributed by atoms with Gasteiger partial charge in [-0.1, -0.05) is 0 Å². The summed E-state index contributed by atoms with van der Waals surface area (Å²) in [5, 5.41) is 10.8. The van der Waals surface area contributed by atoms with E-state index in [9.17, 15) is 10.1 Å². The fourth-order valence-electron chi connectivity index (χ4n) is 1.17. The molecule has 92 valence electrons. The molecule has 17 heavy (non-hydrogen) atoms. The number of rotatable bonds is 5. The largest absolute Gasteiger partial charge is 0.478 e. The second kappa shape index (κ2) is 5.83. The summed E-state index contributed by atoms with van der Waals surface area (Å²) in [6.45, 7) is 2.31. The summed E-state index contributed by atoms with van der Waals surface area (Å²) in [6.07, 6.45) is 3.28. The molecule has 0 atom stereocenters. The van der Waals surface area contributed by atoms with Gasteiger partial charge in [0.05, 0.1) is 11.5 Å². The Kier molecular flexibility index (Phi) is 4.45. The number of pyridine rings is 1. The van der Waals surface area contributed by atoms with Crippen LogP contribution >= 0.6 is 0 Å². The van der Waals surface area contributed by atoms with Crippen molar-refractivity contribution >= 4 is 11.8 Å². The molecule has 0 bridgehead atoms. The fraction of sp³-hybridized carbons (Fsp3) is 0.364. The van der Waals surface area contributed by atoms with Crippen LogP contribution in [0.25, 0.3) is 6.08 Å². The van der Waals surface area contributed by atoms with Gasteiger partial charge in [-0.15, -0.1) is 0 Å². The summed E-state index contributed by atoms with van der Waals surface area (Å²) in [4.78, 5) is 16.2. The van der Waals surface area contributed by atoms with Gasteiger partial charge in [0.25, 0.3) is 5.69 Å². The van der Waals surface area contributed by atoms with E-state index in [0.29, 0.717) is 12.5 Å². The van der Waals surface area contributed by atoms with Crippen LogP contribution in [0, 0.1) is 10.1 Å². The summed E-state index contributed by atoms with van der Waals surface area (Å²) in [7, 11) is 3.66. The van der Waals surface area contributed by atoms with Gasteiger partial charge in [0.15, 0.2) is 0 Å². The second-order valence-corrected chi connectivity index (χ2v) is 3.52. The van der Waals surface area contributed by atoms with Crippen LogP contribution in [-0.2, 0) is 0 Å². The first-order valence-corrected chi connectivity index (χ1v) is 5.17. The lowest BCUT2D eigenvalue weighted by molar-refractivity contribution is -0.385. The van der Waals surface area contributed by atoms with Crippen molar-refractivity contribution in [2.45, 2.75) is 6.92 Å². The minimum atomic E-state index is -0.460. The van der Waals surface area contributed by atoms with E-state index >= 15 is 0 Å². The summed E-state index contributed by atoms with van der Waals surface area (Å²) in [5.74, 6) is 0.386. The molecular formula is C11H15N3O3. The number of ether oxygens (including phenoxy) is 1. The molecule has 0 amide bonds. The molecule has 0 unspecified atom stereocenters. The standard InChI is InChI=1S/C11H15N3O3/c1-4-17-11-6-5-10(14(15)16)9(12-11)7-8-13(2)3/h5-8H,4H2,1-3H3/b8-7+. The zero-order valence-corrected chi connectivity index (χ0v) is 10.1. The zero-order valence-electron chi connectivity index (χ0n) is 10.1. The van der Waals surface area contributed by atoms with Gasteiger partial charge in [0.2, 0.25) is 5.88 Å². The second-order valence-electron chi connectivity index (χ2n) is 3.52. The molecule has 0 spiro atoms. The molecule has 1 heterocycles. The minimum absolute atomic E-state index is 0.0356. The third kappa shape index (κ3) is 3.75. The molecule has 0 saturated heterocycles. The van der Waals surface area contributed by atoms with Crippen molar-refractivity contribution in [3.63, 3.8) is 0 Å². The molecular weight excluding hydrogens is 222 g/mol. The first kappa shape index (κ1) is 13.0. The number of aromatic nitrogens is 1. The van der Waals surface area contributed by atoms with E-state index in [2.05, 4.69) is 4.98 Å². The predicted octanol–water partition coefficient (Wildman–Crippen LogP) is 1.92. The monoisotopic (exact) mass is 237 g/mol. The van der Waals surface area contributed by atoms with Crippen LogP contribution in [0.1, 0.15) is 12.6 Å². The van der Waals surface area contributed by atoms with Crippen molar-refractivity contribution in [3.05, 3.63) is 34.1 Å². The Labute approximate surface area is 99.7 Å². The van der Waals surface area contributed by atoms with E-state index in [4.69, 9.17) is 4.74 Å². The fourth-order valence-corrected chi connectivity index (χ4v) is 1.17. The van der Waals surface area contributed by atoms with Gasteiger partial charge in [-0.05, 0) is 13.0 Å². The summed E-state index contributed by atoms with van der Waals surface area (Å²) >= 11 is 0. The van der Waals surface area contributed by atoms with Crippen LogP contribution < -0.4 is 4.74 Å². The third-order valence-corrected chi connectivity index (χ3v) is 1.90. The smallest absolute Gasteiger partial charge is 0.295 e. The molecule has 0 aliphatic heterocycles. The lowest BCUT2D eigenvalue weighted by Crippen LogP contribution is -2.02. The molecule has 0 N–H and O–H groups in total. The van der Waals surface area contributed by atoms with Crippen LogP contribution in [0.2, 0.25) is 0 Å². The molecule has 0 radical (unpaired) electrons. The Hall–Kier alpha value is -2.11.